The Morgan fingerprint density at radius 1 is 0.447 bits per heavy atom. The first kappa shape index (κ1) is 43.0. The average Bonchev–Trinajstić information content (AvgIpc) is 3.07. The number of anilines is 1. The lowest BCUT2D eigenvalue weighted by Crippen LogP contribution is -2.15. The van der Waals surface area contributed by atoms with E-state index in [-0.39, 0.29) is 12.5 Å². The third-order valence-electron chi connectivity index (χ3n) is 5.63. The van der Waals surface area contributed by atoms with E-state index in [0.29, 0.717) is 158 Å². The molecule has 2 N–H and O–H groups in total. The van der Waals surface area contributed by atoms with E-state index < -0.39 is 0 Å². The fourth-order valence-electron chi connectivity index (χ4n) is 3.42. The van der Waals surface area contributed by atoms with E-state index in [1.807, 2.05) is 0 Å². The quantitative estimate of drug-likeness (QED) is 0.0966. The maximum absolute atomic E-state index is 11.0. The molecule has 0 saturated heterocycles. The Kier molecular flexibility index (Phi) is 32.3. The van der Waals surface area contributed by atoms with Crippen molar-refractivity contribution in [3.8, 4) is 5.75 Å². The van der Waals surface area contributed by atoms with Crippen LogP contribution in [0.3, 0.4) is 0 Å². The number of benzene rings is 1. The first-order valence-corrected chi connectivity index (χ1v) is 16.2. The van der Waals surface area contributed by atoms with Gasteiger partial charge in [-0.25, -0.2) is 0 Å². The second-order valence-corrected chi connectivity index (χ2v) is 9.51. The molecular weight excluding hydrogens is 622 g/mol. The molecule has 0 spiro atoms. The fraction of sp³-hybridized carbons (Fsp3) is 0.781. The van der Waals surface area contributed by atoms with Gasteiger partial charge in [0.25, 0.3) is 0 Å². The van der Waals surface area contributed by atoms with Gasteiger partial charge < -0.3 is 67.3 Å². The second-order valence-electron chi connectivity index (χ2n) is 9.51. The molecule has 0 heterocycles. The predicted octanol–water partition coefficient (Wildman–Crippen LogP) is 1.20. The molecule has 0 bridgehead atoms. The maximum Gasteiger partial charge on any atom is 0.221 e. The zero-order chi connectivity index (χ0) is 33.7. The van der Waals surface area contributed by atoms with Crippen molar-refractivity contribution < 1.29 is 66.7 Å². The number of nitrogens with one attached hydrogen (secondary N) is 1. The van der Waals surface area contributed by atoms with Gasteiger partial charge in [-0.15, -0.1) is 0 Å². The molecular formula is C32H57NO14. The van der Waals surface area contributed by atoms with E-state index in [1.165, 1.54) is 6.92 Å². The van der Waals surface area contributed by atoms with Crippen LogP contribution in [0.15, 0.2) is 24.3 Å². The van der Waals surface area contributed by atoms with E-state index >= 15 is 0 Å². The Hall–Kier alpha value is -1.99. The van der Waals surface area contributed by atoms with Crippen LogP contribution < -0.4 is 10.1 Å². The zero-order valence-electron chi connectivity index (χ0n) is 28.0. The third kappa shape index (κ3) is 32.3. The summed E-state index contributed by atoms with van der Waals surface area (Å²) in [5.74, 6) is 0.605. The Labute approximate surface area is 279 Å². The Morgan fingerprint density at radius 2 is 0.702 bits per heavy atom. The summed E-state index contributed by atoms with van der Waals surface area (Å²) in [4.78, 5) is 11.0. The molecule has 1 amide bonds. The number of amides is 1. The molecule has 0 aliphatic carbocycles. The summed E-state index contributed by atoms with van der Waals surface area (Å²) in [6.07, 6.45) is 0. The summed E-state index contributed by atoms with van der Waals surface area (Å²) in [5.41, 5.74) is 0.730. The van der Waals surface area contributed by atoms with Gasteiger partial charge in [-0.05, 0) is 24.3 Å². The van der Waals surface area contributed by atoms with Crippen LogP contribution in [0.1, 0.15) is 6.92 Å². The summed E-state index contributed by atoms with van der Waals surface area (Å²) in [6.45, 7) is 12.5. The fourth-order valence-corrected chi connectivity index (χ4v) is 3.42. The SMILES string of the molecule is CC(=O)Nc1ccc(OCCOCCOCCOCCOCCOCCOCCOCCOCCOCCOCCOCCO)cc1. The molecule has 0 radical (unpaired) electrons. The highest BCUT2D eigenvalue weighted by Crippen LogP contribution is 2.15. The largest absolute Gasteiger partial charge is 0.491 e. The van der Waals surface area contributed by atoms with Crippen molar-refractivity contribution in [2.75, 3.05) is 164 Å². The summed E-state index contributed by atoms with van der Waals surface area (Å²) < 4.78 is 65.2. The van der Waals surface area contributed by atoms with Crippen molar-refractivity contribution >= 4 is 11.6 Å². The highest BCUT2D eigenvalue weighted by Gasteiger charge is 1.99. The van der Waals surface area contributed by atoms with E-state index in [0.717, 1.165) is 5.69 Å². The minimum absolute atomic E-state index is 0.0217. The molecule has 0 aliphatic heterocycles. The number of aliphatic hydroxyl groups excluding tert-OH is 1. The Balaban J connectivity index is 1.66. The molecule has 0 fully saturated rings. The first-order valence-electron chi connectivity index (χ1n) is 16.2. The lowest BCUT2D eigenvalue weighted by molar-refractivity contribution is -0.114. The Morgan fingerprint density at radius 3 is 0.957 bits per heavy atom. The summed E-state index contributed by atoms with van der Waals surface area (Å²) in [5, 5.41) is 11.3. The van der Waals surface area contributed by atoms with Crippen LogP contribution in [0.4, 0.5) is 5.69 Å². The van der Waals surface area contributed by atoms with Gasteiger partial charge in [0, 0.05) is 12.6 Å². The number of carbonyl (C=O) groups excluding carboxylic acids is 1. The molecule has 1 aromatic carbocycles. The number of rotatable bonds is 37. The van der Waals surface area contributed by atoms with Crippen molar-refractivity contribution in [2.45, 2.75) is 6.92 Å². The molecule has 0 aromatic heterocycles. The maximum atomic E-state index is 11.0. The molecule has 0 saturated carbocycles. The summed E-state index contributed by atoms with van der Waals surface area (Å²) >= 11 is 0. The average molecular weight is 680 g/mol. The minimum atomic E-state index is -0.110. The van der Waals surface area contributed by atoms with Crippen LogP contribution >= 0.6 is 0 Å². The number of carbonyl (C=O) groups is 1. The molecule has 274 valence electrons. The number of hydrogen-bond acceptors (Lipinski definition) is 14. The minimum Gasteiger partial charge on any atom is -0.491 e. The molecule has 47 heavy (non-hydrogen) atoms. The van der Waals surface area contributed by atoms with Gasteiger partial charge in [-0.2, -0.15) is 0 Å². The third-order valence-corrected chi connectivity index (χ3v) is 5.63. The van der Waals surface area contributed by atoms with Crippen LogP contribution in [0.5, 0.6) is 5.75 Å². The predicted molar refractivity (Wildman–Crippen MR) is 172 cm³/mol. The van der Waals surface area contributed by atoms with Crippen LogP contribution in [0.25, 0.3) is 0 Å². The molecule has 1 rings (SSSR count). The summed E-state index contributed by atoms with van der Waals surface area (Å²) in [6, 6.07) is 7.17. The highest BCUT2D eigenvalue weighted by atomic mass is 16.6. The van der Waals surface area contributed by atoms with Crippen molar-refractivity contribution in [3.05, 3.63) is 24.3 Å². The summed E-state index contributed by atoms with van der Waals surface area (Å²) in [7, 11) is 0. The highest BCUT2D eigenvalue weighted by molar-refractivity contribution is 5.88. The monoisotopic (exact) mass is 679 g/mol. The van der Waals surface area contributed by atoms with Crippen molar-refractivity contribution in [1.29, 1.82) is 0 Å². The van der Waals surface area contributed by atoms with Crippen LogP contribution in [0.2, 0.25) is 0 Å². The van der Waals surface area contributed by atoms with Crippen molar-refractivity contribution in [1.82, 2.24) is 0 Å². The van der Waals surface area contributed by atoms with Gasteiger partial charge in [0.1, 0.15) is 12.4 Å². The Bertz CT molecular complexity index is 790. The van der Waals surface area contributed by atoms with E-state index in [4.69, 9.17) is 61.9 Å². The smallest absolute Gasteiger partial charge is 0.221 e. The molecule has 0 atom stereocenters. The molecule has 15 nitrogen and oxygen atoms in total. The normalized spacial score (nSPS) is 11.3. The van der Waals surface area contributed by atoms with Gasteiger partial charge >= 0.3 is 0 Å². The number of aliphatic hydroxyl groups is 1. The van der Waals surface area contributed by atoms with Gasteiger partial charge in [-0.3, -0.25) is 4.79 Å². The van der Waals surface area contributed by atoms with E-state index in [2.05, 4.69) is 5.32 Å². The van der Waals surface area contributed by atoms with E-state index in [9.17, 15) is 4.79 Å². The number of ether oxygens (including phenoxy) is 12. The van der Waals surface area contributed by atoms with Crippen molar-refractivity contribution in [3.63, 3.8) is 0 Å². The van der Waals surface area contributed by atoms with Gasteiger partial charge in [-0.1, -0.05) is 0 Å². The first-order chi connectivity index (χ1) is 23.2. The van der Waals surface area contributed by atoms with Crippen LogP contribution in [-0.4, -0.2) is 170 Å². The van der Waals surface area contributed by atoms with Crippen LogP contribution in [0, 0.1) is 0 Å². The van der Waals surface area contributed by atoms with Gasteiger partial charge in [0.2, 0.25) is 5.91 Å². The lowest BCUT2D eigenvalue weighted by atomic mass is 10.3. The van der Waals surface area contributed by atoms with Crippen LogP contribution in [-0.2, 0) is 56.9 Å². The second kappa shape index (κ2) is 35.3. The molecule has 15 heteroatoms. The van der Waals surface area contributed by atoms with Gasteiger partial charge in [0.15, 0.2) is 0 Å². The number of hydrogen-bond donors (Lipinski definition) is 2. The zero-order valence-corrected chi connectivity index (χ0v) is 28.0. The van der Waals surface area contributed by atoms with Crippen molar-refractivity contribution in [2.24, 2.45) is 0 Å². The van der Waals surface area contributed by atoms with E-state index in [1.54, 1.807) is 24.3 Å². The standard InChI is InChI=1S/C32H57NO14/c1-30(35)33-31-2-4-32(5-3-31)47-29-28-46-27-26-45-25-24-44-23-22-43-21-20-42-19-18-41-17-16-40-15-14-39-13-12-38-11-10-37-9-8-36-7-6-34/h2-5,34H,6-29H2,1H3,(H,33,35). The molecule has 1 aromatic rings. The van der Waals surface area contributed by atoms with Gasteiger partial charge in [0.05, 0.1) is 152 Å². The molecule has 0 aliphatic rings. The topological polar surface area (TPSA) is 160 Å². The lowest BCUT2D eigenvalue weighted by Gasteiger charge is -2.09. The molecule has 0 unspecified atom stereocenters.